The first kappa shape index (κ1) is 16.4. The minimum Gasteiger partial charge on any atom is -0.497 e. The Morgan fingerprint density at radius 1 is 1.09 bits per heavy atom. The van der Waals surface area contributed by atoms with E-state index in [0.717, 1.165) is 11.6 Å². The van der Waals surface area contributed by atoms with E-state index in [1.54, 1.807) is 13.2 Å². The highest BCUT2D eigenvalue weighted by atomic mass is 19.4. The van der Waals surface area contributed by atoms with Gasteiger partial charge in [0.15, 0.2) is 0 Å². The lowest BCUT2D eigenvalue weighted by molar-refractivity contribution is -0.137. The molecule has 0 amide bonds. The summed E-state index contributed by atoms with van der Waals surface area (Å²) in [6.07, 6.45) is -3.88. The summed E-state index contributed by atoms with van der Waals surface area (Å²) in [6.45, 7) is 0.351. The van der Waals surface area contributed by atoms with E-state index < -0.39 is 11.7 Å². The van der Waals surface area contributed by atoms with E-state index in [0.29, 0.717) is 24.3 Å². The van der Waals surface area contributed by atoms with Gasteiger partial charge in [-0.25, -0.2) is 0 Å². The second-order valence-corrected chi connectivity index (χ2v) is 5.11. The number of hydrogen-bond donors (Lipinski definition) is 1. The van der Waals surface area contributed by atoms with E-state index in [1.165, 1.54) is 12.1 Å². The average molecular weight is 309 g/mol. The molecule has 1 unspecified atom stereocenters. The fraction of sp³-hybridized carbons (Fsp3) is 0.294. The zero-order chi connectivity index (χ0) is 16.2. The summed E-state index contributed by atoms with van der Waals surface area (Å²) < 4.78 is 43.5. The van der Waals surface area contributed by atoms with Crippen molar-refractivity contribution < 1.29 is 17.9 Å². The average Bonchev–Trinajstić information content (AvgIpc) is 2.52. The van der Waals surface area contributed by atoms with Crippen LogP contribution in [-0.4, -0.2) is 13.7 Å². The van der Waals surface area contributed by atoms with Crippen LogP contribution in [0.5, 0.6) is 5.75 Å². The Morgan fingerprint density at radius 2 is 1.82 bits per heavy atom. The van der Waals surface area contributed by atoms with Crippen molar-refractivity contribution in [1.29, 1.82) is 0 Å². The second-order valence-electron chi connectivity index (χ2n) is 5.11. The number of halogens is 3. The highest BCUT2D eigenvalue weighted by molar-refractivity contribution is 5.33. The fourth-order valence-electron chi connectivity index (χ4n) is 2.39. The van der Waals surface area contributed by atoms with Crippen LogP contribution < -0.4 is 10.5 Å². The predicted molar refractivity (Wildman–Crippen MR) is 79.9 cm³/mol. The van der Waals surface area contributed by atoms with E-state index in [-0.39, 0.29) is 5.92 Å². The van der Waals surface area contributed by atoms with Crippen molar-refractivity contribution in [3.05, 3.63) is 65.2 Å². The lowest BCUT2D eigenvalue weighted by atomic mass is 9.91. The lowest BCUT2D eigenvalue weighted by Crippen LogP contribution is -2.15. The third-order valence-electron chi connectivity index (χ3n) is 3.59. The molecule has 2 aromatic rings. The molecule has 0 aromatic heterocycles. The molecule has 2 N–H and O–H groups in total. The molecule has 5 heteroatoms. The number of alkyl halides is 3. The predicted octanol–water partition coefficient (Wildman–Crippen LogP) is 4.00. The quantitative estimate of drug-likeness (QED) is 0.906. The number of hydrogen-bond acceptors (Lipinski definition) is 2. The number of nitrogens with two attached hydrogens (primary N) is 1. The van der Waals surface area contributed by atoms with Gasteiger partial charge in [0.25, 0.3) is 0 Å². The van der Waals surface area contributed by atoms with Crippen LogP contribution in [-0.2, 0) is 12.6 Å². The maximum atomic E-state index is 12.8. The van der Waals surface area contributed by atoms with Gasteiger partial charge >= 0.3 is 6.18 Å². The molecule has 1 atom stereocenters. The second kappa shape index (κ2) is 6.83. The topological polar surface area (TPSA) is 35.2 Å². The van der Waals surface area contributed by atoms with Crippen molar-refractivity contribution in [2.75, 3.05) is 13.7 Å². The van der Waals surface area contributed by atoms with Gasteiger partial charge in [-0.3, -0.25) is 0 Å². The molecule has 0 fully saturated rings. The Hall–Kier alpha value is -2.01. The van der Waals surface area contributed by atoms with Crippen LogP contribution in [0.15, 0.2) is 48.5 Å². The molecule has 22 heavy (non-hydrogen) atoms. The van der Waals surface area contributed by atoms with Crippen molar-refractivity contribution in [2.24, 2.45) is 5.73 Å². The Labute approximate surface area is 127 Å². The molecule has 0 aliphatic carbocycles. The van der Waals surface area contributed by atoms with E-state index in [1.807, 2.05) is 24.3 Å². The maximum Gasteiger partial charge on any atom is 0.416 e. The van der Waals surface area contributed by atoms with Gasteiger partial charge in [-0.1, -0.05) is 30.3 Å². The summed E-state index contributed by atoms with van der Waals surface area (Å²) in [6, 6.07) is 12.8. The van der Waals surface area contributed by atoms with Crippen molar-refractivity contribution in [3.8, 4) is 5.75 Å². The SMILES string of the molecule is COc1cccc(C(CN)Cc2cccc(C(F)(F)F)c2)c1. The molecule has 0 bridgehead atoms. The molecule has 0 aliphatic heterocycles. The van der Waals surface area contributed by atoms with Crippen LogP contribution >= 0.6 is 0 Å². The Balaban J connectivity index is 2.23. The molecule has 0 spiro atoms. The molecule has 2 nitrogen and oxygen atoms in total. The van der Waals surface area contributed by atoms with Crippen molar-refractivity contribution >= 4 is 0 Å². The zero-order valence-corrected chi connectivity index (χ0v) is 12.2. The summed E-state index contributed by atoms with van der Waals surface area (Å²) in [7, 11) is 1.57. The summed E-state index contributed by atoms with van der Waals surface area (Å²) in [5, 5.41) is 0. The van der Waals surface area contributed by atoms with Crippen LogP contribution in [0.1, 0.15) is 22.6 Å². The first-order valence-corrected chi connectivity index (χ1v) is 6.94. The Morgan fingerprint density at radius 3 is 2.45 bits per heavy atom. The Kier molecular flexibility index (Phi) is 5.08. The number of methoxy groups -OCH3 is 1. The lowest BCUT2D eigenvalue weighted by Gasteiger charge is -2.17. The van der Waals surface area contributed by atoms with Gasteiger partial charge in [0.1, 0.15) is 5.75 Å². The highest BCUT2D eigenvalue weighted by Crippen LogP contribution is 2.31. The van der Waals surface area contributed by atoms with Crippen LogP contribution in [0.3, 0.4) is 0 Å². The molecule has 118 valence electrons. The largest absolute Gasteiger partial charge is 0.497 e. The first-order valence-electron chi connectivity index (χ1n) is 6.94. The van der Waals surface area contributed by atoms with E-state index >= 15 is 0 Å². The minimum absolute atomic E-state index is 0.0569. The first-order chi connectivity index (χ1) is 10.4. The molecule has 0 aliphatic rings. The molecule has 2 aromatic carbocycles. The fourth-order valence-corrected chi connectivity index (χ4v) is 2.39. The number of benzene rings is 2. The van der Waals surface area contributed by atoms with E-state index in [4.69, 9.17) is 10.5 Å². The van der Waals surface area contributed by atoms with Gasteiger partial charge in [0.05, 0.1) is 12.7 Å². The molecule has 0 heterocycles. The zero-order valence-electron chi connectivity index (χ0n) is 12.2. The van der Waals surface area contributed by atoms with E-state index in [2.05, 4.69) is 0 Å². The third kappa shape index (κ3) is 4.01. The summed E-state index contributed by atoms with van der Waals surface area (Å²) in [5.74, 6) is 0.651. The van der Waals surface area contributed by atoms with Gasteiger partial charge in [0.2, 0.25) is 0 Å². The summed E-state index contributed by atoms with van der Waals surface area (Å²) in [5.41, 5.74) is 6.75. The van der Waals surface area contributed by atoms with Gasteiger partial charge in [-0.2, -0.15) is 13.2 Å². The number of ether oxygens (including phenoxy) is 1. The Bertz CT molecular complexity index is 625. The molecule has 0 saturated heterocycles. The van der Waals surface area contributed by atoms with Gasteiger partial charge in [-0.05, 0) is 42.3 Å². The van der Waals surface area contributed by atoms with Crippen LogP contribution in [0, 0.1) is 0 Å². The molecular formula is C17H18F3NO. The molecule has 0 radical (unpaired) electrons. The van der Waals surface area contributed by atoms with Crippen molar-refractivity contribution in [1.82, 2.24) is 0 Å². The van der Waals surface area contributed by atoms with E-state index in [9.17, 15) is 13.2 Å². The van der Waals surface area contributed by atoms with Gasteiger partial charge in [-0.15, -0.1) is 0 Å². The molecule has 2 rings (SSSR count). The highest BCUT2D eigenvalue weighted by Gasteiger charge is 2.30. The van der Waals surface area contributed by atoms with Crippen LogP contribution in [0.4, 0.5) is 13.2 Å². The molecular weight excluding hydrogens is 291 g/mol. The minimum atomic E-state index is -4.33. The van der Waals surface area contributed by atoms with Gasteiger partial charge < -0.3 is 10.5 Å². The maximum absolute atomic E-state index is 12.8. The normalized spacial score (nSPS) is 13.0. The monoisotopic (exact) mass is 309 g/mol. The van der Waals surface area contributed by atoms with Crippen LogP contribution in [0.25, 0.3) is 0 Å². The van der Waals surface area contributed by atoms with Crippen LogP contribution in [0.2, 0.25) is 0 Å². The summed E-state index contributed by atoms with van der Waals surface area (Å²) >= 11 is 0. The number of rotatable bonds is 5. The molecule has 0 saturated carbocycles. The van der Waals surface area contributed by atoms with Gasteiger partial charge in [0, 0.05) is 5.92 Å². The third-order valence-corrected chi connectivity index (χ3v) is 3.59. The van der Waals surface area contributed by atoms with Crippen molar-refractivity contribution in [2.45, 2.75) is 18.5 Å². The standard InChI is InChI=1S/C17H18F3NO/c1-22-16-7-3-5-13(10-16)14(11-21)8-12-4-2-6-15(9-12)17(18,19)20/h2-7,9-10,14H,8,11,21H2,1H3. The van der Waals surface area contributed by atoms with Crippen molar-refractivity contribution in [3.63, 3.8) is 0 Å². The smallest absolute Gasteiger partial charge is 0.416 e. The summed E-state index contributed by atoms with van der Waals surface area (Å²) in [4.78, 5) is 0.